The van der Waals surface area contributed by atoms with E-state index in [0.717, 1.165) is 23.5 Å². The van der Waals surface area contributed by atoms with Crippen LogP contribution in [-0.2, 0) is 10.1 Å². The molecule has 3 aromatic rings. The summed E-state index contributed by atoms with van der Waals surface area (Å²) in [5, 5.41) is 25.9. The van der Waals surface area contributed by atoms with Crippen LogP contribution in [0.15, 0.2) is 87.2 Å². The molecule has 38 heavy (non-hydrogen) atoms. The van der Waals surface area contributed by atoms with Gasteiger partial charge >= 0.3 is 29.6 Å². The van der Waals surface area contributed by atoms with E-state index in [1.54, 1.807) is 30.3 Å². The molecule has 0 radical (unpaired) electrons. The number of hydrogen-bond acceptors (Lipinski definition) is 10. The Morgan fingerprint density at radius 1 is 0.921 bits per heavy atom. The van der Waals surface area contributed by atoms with E-state index in [1.165, 1.54) is 0 Å². The summed E-state index contributed by atoms with van der Waals surface area (Å²) in [5.41, 5.74) is 4.60. The van der Waals surface area contributed by atoms with Gasteiger partial charge in [0.25, 0.3) is 0 Å². The van der Waals surface area contributed by atoms with E-state index in [0.29, 0.717) is 35.8 Å². The zero-order valence-corrected chi connectivity index (χ0v) is 24.4. The van der Waals surface area contributed by atoms with Gasteiger partial charge in [0, 0.05) is 18.8 Å². The number of azo groups is 2. The Bertz CT molecular complexity index is 1390. The van der Waals surface area contributed by atoms with Gasteiger partial charge in [0.2, 0.25) is 0 Å². The molecule has 0 atom stereocenters. The number of nitrogens with zero attached hydrogens (tertiary/aromatic N) is 6. The van der Waals surface area contributed by atoms with Crippen molar-refractivity contribution in [3.05, 3.63) is 72.3 Å². The predicted molar refractivity (Wildman–Crippen MR) is 141 cm³/mol. The zero-order valence-electron chi connectivity index (χ0n) is 21.6. The first-order valence-corrected chi connectivity index (χ1v) is 13.2. The van der Waals surface area contributed by atoms with E-state index in [2.05, 4.69) is 38.3 Å². The van der Waals surface area contributed by atoms with E-state index >= 15 is 0 Å². The molecule has 192 valence electrons. The third kappa shape index (κ3) is 10.3. The summed E-state index contributed by atoms with van der Waals surface area (Å²) in [4.78, 5) is 2.13. The van der Waals surface area contributed by atoms with Crippen molar-refractivity contribution in [1.29, 1.82) is 5.26 Å². The fraction of sp³-hybridized carbons (Fsp3) is 0.269. The Morgan fingerprint density at radius 2 is 1.50 bits per heavy atom. The predicted octanol–water partition coefficient (Wildman–Crippen LogP) is 3.49. The van der Waals surface area contributed by atoms with E-state index in [1.807, 2.05) is 43.3 Å². The summed E-state index contributed by atoms with van der Waals surface area (Å²) >= 11 is 0. The summed E-state index contributed by atoms with van der Waals surface area (Å²) in [6.07, 6.45) is 0.478. The van der Waals surface area contributed by atoms with Gasteiger partial charge in [-0.2, -0.15) is 25.7 Å². The van der Waals surface area contributed by atoms with Gasteiger partial charge in [-0.3, -0.25) is 0 Å². The molecule has 0 unspecified atom stereocenters. The van der Waals surface area contributed by atoms with Crippen LogP contribution in [0.5, 0.6) is 5.75 Å². The van der Waals surface area contributed by atoms with Gasteiger partial charge in [-0.25, -0.2) is 8.42 Å². The van der Waals surface area contributed by atoms with E-state index < -0.39 is 15.9 Å². The maximum absolute atomic E-state index is 10.6. The molecule has 12 heteroatoms. The molecule has 0 saturated heterocycles. The van der Waals surface area contributed by atoms with Crippen LogP contribution < -0.4 is 39.2 Å². The molecule has 0 N–H and O–H groups in total. The number of rotatable bonds is 12. The fourth-order valence-corrected chi connectivity index (χ4v) is 3.58. The molecule has 0 fully saturated rings. The van der Waals surface area contributed by atoms with Gasteiger partial charge < -0.3 is 14.2 Å². The summed E-state index contributed by atoms with van der Waals surface area (Å²) in [7, 11) is -4.31. The second kappa shape index (κ2) is 15.3. The topological polar surface area (TPSA) is 143 Å². The zero-order chi connectivity index (χ0) is 26.7. The van der Waals surface area contributed by atoms with Crippen molar-refractivity contribution in [1.82, 2.24) is 0 Å². The first kappa shape index (κ1) is 31.1. The third-order valence-electron chi connectivity index (χ3n) is 5.26. The number of hydrogen-bond donors (Lipinski definition) is 0. The molecular formula is C26H27N6NaO4S. The van der Waals surface area contributed by atoms with Crippen LogP contribution in [-0.4, -0.2) is 38.4 Å². The van der Waals surface area contributed by atoms with Crippen LogP contribution in [0.4, 0.5) is 28.4 Å². The molecule has 3 rings (SSSR count). The van der Waals surface area contributed by atoms with E-state index in [9.17, 15) is 13.0 Å². The minimum Gasteiger partial charge on any atom is -0.748 e. The van der Waals surface area contributed by atoms with Gasteiger partial charge in [0.15, 0.2) is 0 Å². The molecule has 0 spiro atoms. The van der Waals surface area contributed by atoms with Crippen LogP contribution in [0.1, 0.15) is 18.9 Å². The number of benzene rings is 3. The second-order valence-electron chi connectivity index (χ2n) is 7.98. The Morgan fingerprint density at radius 3 is 2.08 bits per heavy atom. The van der Waals surface area contributed by atoms with Crippen LogP contribution in [0.2, 0.25) is 0 Å². The number of anilines is 1. The monoisotopic (exact) mass is 542 g/mol. The number of aryl methyl sites for hydroxylation is 1. The summed E-state index contributed by atoms with van der Waals surface area (Å²) in [6, 6.07) is 22.0. The Hall–Kier alpha value is -3.14. The average molecular weight is 543 g/mol. The Balaban J connectivity index is 0.00000507. The molecule has 10 nitrogen and oxygen atoms in total. The fourth-order valence-electron chi connectivity index (χ4n) is 3.30. The van der Waals surface area contributed by atoms with Crippen molar-refractivity contribution < 1.29 is 47.3 Å². The molecule has 0 saturated carbocycles. The van der Waals surface area contributed by atoms with Gasteiger partial charge in [0.05, 0.1) is 51.1 Å². The third-order valence-corrected chi connectivity index (χ3v) is 5.93. The minimum absolute atomic E-state index is 0. The summed E-state index contributed by atoms with van der Waals surface area (Å²) < 4.78 is 37.1. The molecule has 0 aliphatic carbocycles. The Kier molecular flexibility index (Phi) is 12.5. The SMILES string of the molecule is CCN(CCC#N)c1ccc(N=Nc2ccc(N=Nc3ccc(OCCS(=O)(=O)[O-])cc3)c(C)c2)cc1.[Na+]. The van der Waals surface area contributed by atoms with E-state index in [4.69, 9.17) is 10.00 Å². The largest absolute Gasteiger partial charge is 1.00 e. The molecule has 0 aromatic heterocycles. The van der Waals surface area contributed by atoms with Crippen molar-refractivity contribution in [3.63, 3.8) is 0 Å². The second-order valence-corrected chi connectivity index (χ2v) is 9.50. The molecule has 0 aliphatic heterocycles. The summed E-state index contributed by atoms with van der Waals surface area (Å²) in [5.74, 6) is -0.151. The molecule has 0 amide bonds. The van der Waals surface area contributed by atoms with Gasteiger partial charge in [-0.15, -0.1) is 0 Å². The number of nitriles is 1. The first-order valence-electron chi connectivity index (χ1n) is 11.6. The minimum atomic E-state index is -4.31. The van der Waals surface area contributed by atoms with Crippen LogP contribution in [0.3, 0.4) is 0 Å². The van der Waals surface area contributed by atoms with Gasteiger partial charge in [-0.05, 0) is 86.1 Å². The maximum atomic E-state index is 10.6. The molecule has 3 aromatic carbocycles. The normalized spacial score (nSPS) is 11.3. The molecule has 0 bridgehead atoms. The van der Waals surface area contributed by atoms with Crippen molar-refractivity contribution in [3.8, 4) is 11.8 Å². The smallest absolute Gasteiger partial charge is 0.748 e. The van der Waals surface area contributed by atoms with Crippen molar-refractivity contribution in [2.45, 2.75) is 20.3 Å². The Labute approximate surface area is 245 Å². The van der Waals surface area contributed by atoms with Gasteiger partial charge in [0.1, 0.15) is 12.4 Å². The van der Waals surface area contributed by atoms with Crippen LogP contribution in [0.25, 0.3) is 0 Å². The summed E-state index contributed by atoms with van der Waals surface area (Å²) in [6.45, 7) is 5.27. The molecule has 0 aliphatic rings. The molecule has 0 heterocycles. The maximum Gasteiger partial charge on any atom is 1.00 e. The van der Waals surface area contributed by atoms with Crippen molar-refractivity contribution >= 4 is 38.6 Å². The van der Waals surface area contributed by atoms with Crippen LogP contribution >= 0.6 is 0 Å². The quantitative estimate of drug-likeness (QED) is 0.195. The number of ether oxygens (including phenoxy) is 1. The van der Waals surface area contributed by atoms with Crippen LogP contribution in [0, 0.1) is 18.3 Å². The standard InChI is InChI=1S/C26H28N6O4S.Na/c1-3-32(16-4-15-27)24-10-5-21(6-11-24)28-30-23-9-14-26(20(2)19-23)31-29-22-7-12-25(13-8-22)36-17-18-37(33,34)35;/h5-14,19H,3-4,16-18H2,1-2H3,(H,33,34,35);/q;+1/p-1. The average Bonchev–Trinajstić information content (AvgIpc) is 2.88. The van der Waals surface area contributed by atoms with E-state index in [-0.39, 0.29) is 36.2 Å². The molecular weight excluding hydrogens is 515 g/mol. The van der Waals surface area contributed by atoms with Crippen molar-refractivity contribution in [2.24, 2.45) is 20.5 Å². The van der Waals surface area contributed by atoms with Crippen molar-refractivity contribution in [2.75, 3.05) is 30.3 Å². The van der Waals surface area contributed by atoms with Gasteiger partial charge in [-0.1, -0.05) is 0 Å². The first-order chi connectivity index (χ1) is 17.8.